The molecule has 22 heavy (non-hydrogen) atoms. The van der Waals surface area contributed by atoms with Gasteiger partial charge in [0.25, 0.3) is 5.91 Å². The van der Waals surface area contributed by atoms with Crippen LogP contribution in [0.15, 0.2) is 48.5 Å². The number of hydrogen-bond acceptors (Lipinski definition) is 3. The highest BCUT2D eigenvalue weighted by atomic mass is 19.1. The van der Waals surface area contributed by atoms with Gasteiger partial charge in [-0.15, -0.1) is 0 Å². The van der Waals surface area contributed by atoms with E-state index in [1.54, 1.807) is 30.3 Å². The van der Waals surface area contributed by atoms with Gasteiger partial charge in [0.1, 0.15) is 5.82 Å². The monoisotopic (exact) mass is 303 g/mol. The van der Waals surface area contributed by atoms with E-state index in [1.165, 1.54) is 18.2 Å². The molecule has 0 radical (unpaired) electrons. The van der Waals surface area contributed by atoms with Crippen molar-refractivity contribution >= 4 is 11.9 Å². The molecule has 3 N–H and O–H groups in total. The number of carbonyl (C=O) groups is 2. The third-order valence-corrected chi connectivity index (χ3v) is 3.11. The van der Waals surface area contributed by atoms with E-state index >= 15 is 0 Å². The molecule has 0 unspecified atom stereocenters. The van der Waals surface area contributed by atoms with Gasteiger partial charge in [-0.05, 0) is 17.7 Å². The lowest BCUT2D eigenvalue weighted by atomic mass is 9.98. The van der Waals surface area contributed by atoms with Crippen molar-refractivity contribution in [2.45, 2.75) is 6.04 Å². The van der Waals surface area contributed by atoms with Crippen molar-refractivity contribution in [1.29, 1.82) is 0 Å². The Morgan fingerprint density at radius 3 is 2.36 bits per heavy atom. The average molecular weight is 303 g/mol. The van der Waals surface area contributed by atoms with Gasteiger partial charge in [-0.3, -0.25) is 4.79 Å². The highest BCUT2D eigenvalue weighted by molar-refractivity contribution is 6.02. The van der Waals surface area contributed by atoms with Crippen molar-refractivity contribution in [2.75, 3.05) is 6.61 Å². The quantitative estimate of drug-likeness (QED) is 0.784. The molecule has 1 amide bonds. The molecule has 2 aromatic carbocycles. The molecule has 0 aliphatic heterocycles. The Morgan fingerprint density at radius 1 is 1.09 bits per heavy atom. The minimum absolute atomic E-state index is 0.00546. The van der Waals surface area contributed by atoms with Crippen LogP contribution in [0.4, 0.5) is 4.39 Å². The fourth-order valence-corrected chi connectivity index (χ4v) is 2.03. The van der Waals surface area contributed by atoms with Crippen LogP contribution in [0.3, 0.4) is 0 Å². The van der Waals surface area contributed by atoms with Crippen LogP contribution < -0.4 is 5.32 Å². The Labute approximate surface area is 126 Å². The molecule has 2 rings (SSSR count). The summed E-state index contributed by atoms with van der Waals surface area (Å²) in [6.45, 7) is -0.753. The molecule has 0 fully saturated rings. The van der Waals surface area contributed by atoms with Crippen LogP contribution in [0.25, 0.3) is 11.1 Å². The second-order valence-electron chi connectivity index (χ2n) is 4.58. The lowest BCUT2D eigenvalue weighted by Crippen LogP contribution is -2.43. The van der Waals surface area contributed by atoms with Crippen LogP contribution in [0, 0.1) is 5.82 Å². The summed E-state index contributed by atoms with van der Waals surface area (Å²) in [5, 5.41) is 20.0. The molecule has 0 saturated heterocycles. The van der Waals surface area contributed by atoms with Crippen LogP contribution >= 0.6 is 0 Å². The maximum absolute atomic E-state index is 14.1. The van der Waals surface area contributed by atoms with Gasteiger partial charge in [-0.25, -0.2) is 9.18 Å². The number of benzene rings is 2. The molecule has 0 aromatic heterocycles. The number of carboxylic acids is 1. The molecule has 5 nitrogen and oxygen atoms in total. The number of aliphatic hydroxyl groups excluding tert-OH is 1. The van der Waals surface area contributed by atoms with E-state index in [1.807, 2.05) is 0 Å². The maximum atomic E-state index is 14.1. The third kappa shape index (κ3) is 3.29. The largest absolute Gasteiger partial charge is 0.480 e. The molecule has 6 heteroatoms. The summed E-state index contributed by atoms with van der Waals surface area (Å²) in [6.07, 6.45) is 0. The zero-order chi connectivity index (χ0) is 16.1. The third-order valence-electron chi connectivity index (χ3n) is 3.11. The van der Waals surface area contributed by atoms with E-state index in [0.29, 0.717) is 5.56 Å². The molecule has 1 atom stereocenters. The van der Waals surface area contributed by atoms with E-state index in [4.69, 9.17) is 10.2 Å². The fraction of sp³-hybridized carbons (Fsp3) is 0.125. The first-order chi connectivity index (χ1) is 10.5. The lowest BCUT2D eigenvalue weighted by molar-refractivity contribution is -0.140. The Bertz CT molecular complexity index is 688. The van der Waals surface area contributed by atoms with Crippen molar-refractivity contribution < 1.29 is 24.2 Å². The fourth-order valence-electron chi connectivity index (χ4n) is 2.03. The standard InChI is InChI=1S/C16H14FNO4/c17-12-8-4-7-11(14(12)10-5-2-1-3-6-10)15(20)18-13(9-19)16(21)22/h1-8,13,19H,9H2,(H,18,20)(H,21,22)/t13-/m0/s1. The van der Waals surface area contributed by atoms with Crippen molar-refractivity contribution in [3.63, 3.8) is 0 Å². The smallest absolute Gasteiger partial charge is 0.328 e. The van der Waals surface area contributed by atoms with Crippen molar-refractivity contribution in [2.24, 2.45) is 0 Å². The number of carboxylic acid groups (broad SMARTS) is 1. The number of nitrogens with one attached hydrogen (secondary N) is 1. The van der Waals surface area contributed by atoms with Crippen LogP contribution in [0.1, 0.15) is 10.4 Å². The van der Waals surface area contributed by atoms with E-state index < -0.39 is 30.3 Å². The van der Waals surface area contributed by atoms with Crippen molar-refractivity contribution in [1.82, 2.24) is 5.32 Å². The highest BCUT2D eigenvalue weighted by Crippen LogP contribution is 2.26. The molecular formula is C16H14FNO4. The predicted octanol–water partition coefficient (Wildman–Crippen LogP) is 1.67. The van der Waals surface area contributed by atoms with Gasteiger partial charge in [0.05, 0.1) is 12.2 Å². The SMILES string of the molecule is O=C(N[C@@H](CO)C(=O)O)c1cccc(F)c1-c1ccccc1. The van der Waals surface area contributed by atoms with E-state index in [9.17, 15) is 14.0 Å². The number of halogens is 1. The summed E-state index contributed by atoms with van der Waals surface area (Å²) >= 11 is 0. The van der Waals surface area contributed by atoms with E-state index in [-0.39, 0.29) is 11.1 Å². The second-order valence-corrected chi connectivity index (χ2v) is 4.58. The Balaban J connectivity index is 2.42. The summed E-state index contributed by atoms with van der Waals surface area (Å²) in [5.74, 6) is -2.72. The number of amides is 1. The van der Waals surface area contributed by atoms with Crippen molar-refractivity contribution in [3.05, 3.63) is 59.9 Å². The first kappa shape index (κ1) is 15.7. The minimum Gasteiger partial charge on any atom is -0.480 e. The van der Waals surface area contributed by atoms with Crippen LogP contribution in [0.2, 0.25) is 0 Å². The minimum atomic E-state index is -1.45. The molecule has 0 aliphatic carbocycles. The second kappa shape index (κ2) is 6.82. The molecule has 0 bridgehead atoms. The summed E-state index contributed by atoms with van der Waals surface area (Å²) in [5.41, 5.74) is 0.593. The van der Waals surface area contributed by atoms with Crippen LogP contribution in [-0.4, -0.2) is 34.7 Å². The summed E-state index contributed by atoms with van der Waals surface area (Å²) in [7, 11) is 0. The normalized spacial score (nSPS) is 11.7. The van der Waals surface area contributed by atoms with Gasteiger partial charge >= 0.3 is 5.97 Å². The predicted molar refractivity (Wildman–Crippen MR) is 77.8 cm³/mol. The number of aliphatic carboxylic acids is 1. The van der Waals surface area contributed by atoms with Crippen LogP contribution in [-0.2, 0) is 4.79 Å². The van der Waals surface area contributed by atoms with E-state index in [0.717, 1.165) is 0 Å². The first-order valence-electron chi connectivity index (χ1n) is 6.53. The maximum Gasteiger partial charge on any atom is 0.328 e. The number of rotatable bonds is 5. The zero-order valence-electron chi connectivity index (χ0n) is 11.5. The number of hydrogen-bond donors (Lipinski definition) is 3. The average Bonchev–Trinajstić information content (AvgIpc) is 2.52. The highest BCUT2D eigenvalue weighted by Gasteiger charge is 2.22. The Hall–Kier alpha value is -2.73. The van der Waals surface area contributed by atoms with Gasteiger partial charge in [-0.1, -0.05) is 36.4 Å². The first-order valence-corrected chi connectivity index (χ1v) is 6.53. The van der Waals surface area contributed by atoms with Gasteiger partial charge in [0, 0.05) is 5.56 Å². The Kier molecular flexibility index (Phi) is 4.85. The number of aliphatic hydroxyl groups is 1. The van der Waals surface area contributed by atoms with E-state index in [2.05, 4.69) is 5.32 Å². The molecule has 0 spiro atoms. The van der Waals surface area contributed by atoms with Crippen molar-refractivity contribution in [3.8, 4) is 11.1 Å². The molecule has 0 saturated carbocycles. The number of carbonyl (C=O) groups excluding carboxylic acids is 1. The molecular weight excluding hydrogens is 289 g/mol. The summed E-state index contributed by atoms with van der Waals surface area (Å²) < 4.78 is 14.1. The zero-order valence-corrected chi connectivity index (χ0v) is 11.5. The van der Waals surface area contributed by atoms with Crippen LogP contribution in [0.5, 0.6) is 0 Å². The lowest BCUT2D eigenvalue weighted by Gasteiger charge is -2.14. The molecule has 2 aromatic rings. The van der Waals surface area contributed by atoms with Gasteiger partial charge in [0.15, 0.2) is 6.04 Å². The molecule has 0 heterocycles. The molecule has 0 aliphatic rings. The summed E-state index contributed by atoms with van der Waals surface area (Å²) in [6, 6.07) is 11.0. The van der Waals surface area contributed by atoms with Gasteiger partial charge in [-0.2, -0.15) is 0 Å². The molecule has 114 valence electrons. The van der Waals surface area contributed by atoms with Gasteiger partial charge < -0.3 is 15.5 Å². The Morgan fingerprint density at radius 2 is 1.77 bits per heavy atom. The topological polar surface area (TPSA) is 86.6 Å². The van der Waals surface area contributed by atoms with Gasteiger partial charge in [0.2, 0.25) is 0 Å². The summed E-state index contributed by atoms with van der Waals surface area (Å²) in [4.78, 5) is 23.1.